The van der Waals surface area contributed by atoms with E-state index < -0.39 is 0 Å². The van der Waals surface area contributed by atoms with Crippen LogP contribution in [0.5, 0.6) is 0 Å². The lowest BCUT2D eigenvalue weighted by atomic mass is 10.0. The van der Waals surface area contributed by atoms with Crippen molar-refractivity contribution in [3.8, 4) is 0 Å². The topological polar surface area (TPSA) is 79.3 Å². The van der Waals surface area contributed by atoms with Crippen molar-refractivity contribution < 1.29 is 9.59 Å². The highest BCUT2D eigenvalue weighted by Crippen LogP contribution is 2.28. The maximum Gasteiger partial charge on any atom is 0.266 e. The minimum Gasteiger partial charge on any atom is -0.333 e. The number of amides is 2. The van der Waals surface area contributed by atoms with Crippen molar-refractivity contribution in [1.29, 1.82) is 0 Å². The van der Waals surface area contributed by atoms with E-state index in [1.807, 2.05) is 39.0 Å². The Labute approximate surface area is 192 Å². The van der Waals surface area contributed by atoms with Gasteiger partial charge in [-0.3, -0.25) is 14.5 Å². The Kier molecular flexibility index (Phi) is 6.32. The molecule has 0 radical (unpaired) electrons. The first-order valence-corrected chi connectivity index (χ1v) is 11.6. The van der Waals surface area contributed by atoms with Gasteiger partial charge >= 0.3 is 0 Å². The number of nitrogens with zero attached hydrogens (tertiary/aromatic N) is 5. The van der Waals surface area contributed by atoms with Crippen molar-refractivity contribution in [2.75, 3.05) is 18.5 Å². The normalized spacial score (nSPS) is 13.2. The SMILES string of the molecule is Cc1nc(C)c(C(=O)N(C)Cc2nc(C)c3c(n2)N(CCc2ccccc2)C(=O)CC3)s1. The summed E-state index contributed by atoms with van der Waals surface area (Å²) in [5.41, 5.74) is 3.81. The van der Waals surface area contributed by atoms with E-state index in [0.717, 1.165) is 28.4 Å². The predicted octanol–water partition coefficient (Wildman–Crippen LogP) is 3.65. The van der Waals surface area contributed by atoms with Crippen molar-refractivity contribution in [3.63, 3.8) is 0 Å². The monoisotopic (exact) mass is 449 g/mol. The first-order valence-electron chi connectivity index (χ1n) is 10.7. The maximum atomic E-state index is 12.9. The summed E-state index contributed by atoms with van der Waals surface area (Å²) in [5, 5.41) is 0.868. The summed E-state index contributed by atoms with van der Waals surface area (Å²) < 4.78 is 0. The third-order valence-electron chi connectivity index (χ3n) is 5.67. The molecule has 8 heteroatoms. The van der Waals surface area contributed by atoms with E-state index in [-0.39, 0.29) is 18.4 Å². The summed E-state index contributed by atoms with van der Waals surface area (Å²) in [4.78, 5) is 43.4. The van der Waals surface area contributed by atoms with E-state index in [0.29, 0.717) is 35.9 Å². The van der Waals surface area contributed by atoms with Gasteiger partial charge in [0.15, 0.2) is 0 Å². The standard InChI is InChI=1S/C24H27N5O2S/c1-15-19-10-11-21(30)29(13-12-18-8-6-5-7-9-18)23(19)27-20(26-15)14-28(4)24(31)22-16(2)25-17(3)32-22/h5-9H,10-14H2,1-4H3. The molecule has 1 aliphatic heterocycles. The van der Waals surface area contributed by atoms with Gasteiger partial charge in [0.2, 0.25) is 5.91 Å². The van der Waals surface area contributed by atoms with Crippen LogP contribution in [0, 0.1) is 20.8 Å². The van der Waals surface area contributed by atoms with E-state index >= 15 is 0 Å². The predicted molar refractivity (Wildman–Crippen MR) is 125 cm³/mol. The summed E-state index contributed by atoms with van der Waals surface area (Å²) >= 11 is 1.40. The third-order valence-corrected chi connectivity index (χ3v) is 6.73. The molecule has 0 bridgehead atoms. The van der Waals surface area contributed by atoms with Crippen LogP contribution in [-0.2, 0) is 24.2 Å². The Balaban J connectivity index is 1.57. The van der Waals surface area contributed by atoms with E-state index in [1.165, 1.54) is 16.9 Å². The van der Waals surface area contributed by atoms with Crippen molar-refractivity contribution in [2.45, 2.75) is 46.6 Å². The summed E-state index contributed by atoms with van der Waals surface area (Å²) in [7, 11) is 1.74. The molecule has 3 aromatic rings. The quantitative estimate of drug-likeness (QED) is 0.574. The summed E-state index contributed by atoms with van der Waals surface area (Å²) in [6, 6.07) is 10.1. The number of carbonyl (C=O) groups excluding carboxylic acids is 2. The molecule has 0 N–H and O–H groups in total. The zero-order chi connectivity index (χ0) is 22.8. The summed E-state index contributed by atoms with van der Waals surface area (Å²) in [5.74, 6) is 1.21. The maximum absolute atomic E-state index is 12.9. The fraction of sp³-hybridized carbons (Fsp3) is 0.375. The molecule has 0 spiro atoms. The molecule has 0 unspecified atom stereocenters. The van der Waals surface area contributed by atoms with Gasteiger partial charge in [-0.25, -0.2) is 15.0 Å². The molecular formula is C24H27N5O2S. The van der Waals surface area contributed by atoms with Crippen LogP contribution >= 0.6 is 11.3 Å². The second kappa shape index (κ2) is 9.16. The average Bonchev–Trinajstić information content (AvgIpc) is 3.11. The molecule has 0 saturated carbocycles. The Bertz CT molecular complexity index is 1160. The number of hydrogen-bond donors (Lipinski definition) is 0. The molecule has 2 amide bonds. The number of rotatable bonds is 6. The fourth-order valence-corrected chi connectivity index (χ4v) is 4.93. The number of benzene rings is 1. The lowest BCUT2D eigenvalue weighted by molar-refractivity contribution is -0.118. The lowest BCUT2D eigenvalue weighted by Gasteiger charge is -2.30. The molecule has 3 heterocycles. The second-order valence-corrected chi connectivity index (χ2v) is 9.32. The van der Waals surface area contributed by atoms with Gasteiger partial charge in [0.25, 0.3) is 5.91 Å². The van der Waals surface area contributed by atoms with Gasteiger partial charge in [-0.05, 0) is 39.2 Å². The molecule has 0 saturated heterocycles. The highest BCUT2D eigenvalue weighted by molar-refractivity contribution is 7.13. The van der Waals surface area contributed by atoms with Crippen LogP contribution in [-0.4, -0.2) is 45.3 Å². The highest BCUT2D eigenvalue weighted by Gasteiger charge is 2.28. The average molecular weight is 450 g/mol. The van der Waals surface area contributed by atoms with Crippen LogP contribution in [0.4, 0.5) is 5.82 Å². The van der Waals surface area contributed by atoms with Crippen LogP contribution < -0.4 is 4.90 Å². The van der Waals surface area contributed by atoms with Crippen LogP contribution in [0.1, 0.15) is 49.4 Å². The molecule has 1 aromatic carbocycles. The van der Waals surface area contributed by atoms with Crippen LogP contribution in [0.25, 0.3) is 0 Å². The van der Waals surface area contributed by atoms with Crippen LogP contribution in [0.3, 0.4) is 0 Å². The van der Waals surface area contributed by atoms with Crippen LogP contribution in [0.2, 0.25) is 0 Å². The molecule has 1 aliphatic rings. The molecule has 32 heavy (non-hydrogen) atoms. The number of thiazole rings is 1. The molecule has 0 fully saturated rings. The zero-order valence-electron chi connectivity index (χ0n) is 18.9. The van der Waals surface area contributed by atoms with Gasteiger partial charge in [-0.1, -0.05) is 30.3 Å². The Morgan fingerprint density at radius 3 is 2.50 bits per heavy atom. The summed E-state index contributed by atoms with van der Waals surface area (Å²) in [6.07, 6.45) is 1.87. The Morgan fingerprint density at radius 2 is 1.81 bits per heavy atom. The van der Waals surface area contributed by atoms with Crippen LogP contribution in [0.15, 0.2) is 30.3 Å². The van der Waals surface area contributed by atoms with E-state index in [4.69, 9.17) is 4.98 Å². The lowest BCUT2D eigenvalue weighted by Crippen LogP contribution is -2.38. The largest absolute Gasteiger partial charge is 0.333 e. The van der Waals surface area contributed by atoms with Crippen molar-refractivity contribution in [1.82, 2.24) is 19.9 Å². The summed E-state index contributed by atoms with van der Waals surface area (Å²) in [6.45, 7) is 6.53. The van der Waals surface area contributed by atoms with E-state index in [2.05, 4.69) is 22.1 Å². The minimum atomic E-state index is -0.0934. The van der Waals surface area contributed by atoms with Crippen molar-refractivity contribution in [3.05, 3.63) is 68.6 Å². The first-order chi connectivity index (χ1) is 15.3. The zero-order valence-corrected chi connectivity index (χ0v) is 19.7. The molecule has 7 nitrogen and oxygen atoms in total. The molecule has 0 aliphatic carbocycles. The molecule has 166 valence electrons. The Morgan fingerprint density at radius 1 is 1.06 bits per heavy atom. The van der Waals surface area contributed by atoms with Crippen molar-refractivity contribution in [2.24, 2.45) is 0 Å². The van der Waals surface area contributed by atoms with Crippen molar-refractivity contribution >= 4 is 29.0 Å². The smallest absolute Gasteiger partial charge is 0.266 e. The molecule has 0 atom stereocenters. The van der Waals surface area contributed by atoms with Gasteiger partial charge in [-0.2, -0.15) is 0 Å². The van der Waals surface area contributed by atoms with Gasteiger partial charge in [-0.15, -0.1) is 11.3 Å². The number of aryl methyl sites for hydroxylation is 3. The van der Waals surface area contributed by atoms with E-state index in [9.17, 15) is 9.59 Å². The number of carbonyl (C=O) groups is 2. The molecule has 4 rings (SSSR count). The molecular weight excluding hydrogens is 422 g/mol. The molecule has 2 aromatic heterocycles. The number of fused-ring (bicyclic) bond motifs is 1. The van der Waals surface area contributed by atoms with Gasteiger partial charge < -0.3 is 4.90 Å². The van der Waals surface area contributed by atoms with Gasteiger partial charge in [0, 0.05) is 31.3 Å². The number of hydrogen-bond acceptors (Lipinski definition) is 6. The Hall–Kier alpha value is -3.13. The first kappa shape index (κ1) is 22.1. The van der Waals surface area contributed by atoms with Gasteiger partial charge in [0.1, 0.15) is 16.5 Å². The number of anilines is 1. The highest BCUT2D eigenvalue weighted by atomic mass is 32.1. The number of aromatic nitrogens is 3. The third kappa shape index (κ3) is 4.55. The fourth-order valence-electron chi connectivity index (χ4n) is 4.01. The van der Waals surface area contributed by atoms with E-state index in [1.54, 1.807) is 16.8 Å². The minimum absolute atomic E-state index is 0.0812. The second-order valence-electron chi connectivity index (χ2n) is 8.12. The van der Waals surface area contributed by atoms with Gasteiger partial charge in [0.05, 0.1) is 17.2 Å².